The van der Waals surface area contributed by atoms with Crippen LogP contribution in [0.25, 0.3) is 16.9 Å². The van der Waals surface area contributed by atoms with Crippen molar-refractivity contribution < 1.29 is 14.4 Å². The molecule has 33 heavy (non-hydrogen) atoms. The van der Waals surface area contributed by atoms with Crippen LogP contribution in [-0.4, -0.2) is 43.6 Å². The normalized spacial score (nSPS) is 18.6. The van der Waals surface area contributed by atoms with Crippen LogP contribution in [0, 0.1) is 6.92 Å². The third kappa shape index (κ3) is 3.75. The van der Waals surface area contributed by atoms with Gasteiger partial charge in [0.1, 0.15) is 23.2 Å². The third-order valence-corrected chi connectivity index (χ3v) is 6.07. The summed E-state index contributed by atoms with van der Waals surface area (Å²) in [4.78, 5) is 43.3. The van der Waals surface area contributed by atoms with Gasteiger partial charge in [0, 0.05) is 35.8 Å². The van der Waals surface area contributed by atoms with Crippen LogP contribution in [0.2, 0.25) is 0 Å². The van der Waals surface area contributed by atoms with Gasteiger partial charge in [0.25, 0.3) is 5.91 Å². The fourth-order valence-electron chi connectivity index (χ4n) is 4.54. The number of hydrogen-bond acceptors (Lipinski definition) is 5. The Balaban J connectivity index is 1.54. The molecule has 1 saturated heterocycles. The number of carbonyl (C=O) groups is 3. The number of imidazole rings is 1. The number of fused-ring (bicyclic) bond motifs is 2. The van der Waals surface area contributed by atoms with Crippen molar-refractivity contribution in [1.29, 1.82) is 0 Å². The van der Waals surface area contributed by atoms with Gasteiger partial charge in [-0.2, -0.15) is 0 Å². The van der Waals surface area contributed by atoms with Crippen molar-refractivity contribution in [3.63, 3.8) is 0 Å². The maximum Gasteiger partial charge on any atom is 0.255 e. The zero-order valence-electron chi connectivity index (χ0n) is 19.2. The second-order valence-electron chi connectivity index (χ2n) is 9.89. The van der Waals surface area contributed by atoms with Gasteiger partial charge in [-0.3, -0.25) is 24.1 Å². The molecule has 1 fully saturated rings. The number of nitrogens with zero attached hydrogens (tertiary/aromatic N) is 3. The molecule has 2 aliphatic heterocycles. The van der Waals surface area contributed by atoms with Gasteiger partial charge in [-0.05, 0) is 69.5 Å². The molecule has 3 aromatic rings. The molecule has 170 valence electrons. The fourth-order valence-corrected chi connectivity index (χ4v) is 4.54. The summed E-state index contributed by atoms with van der Waals surface area (Å²) < 4.78 is 2.04. The molecule has 4 heterocycles. The third-order valence-electron chi connectivity index (χ3n) is 6.07. The van der Waals surface area contributed by atoms with Gasteiger partial charge in [-0.25, -0.2) is 4.98 Å². The van der Waals surface area contributed by atoms with E-state index in [0.717, 1.165) is 33.8 Å². The molecule has 1 aromatic carbocycles. The van der Waals surface area contributed by atoms with Gasteiger partial charge < -0.3 is 10.2 Å². The number of rotatable bonds is 3. The zero-order chi connectivity index (χ0) is 23.5. The minimum absolute atomic E-state index is 0.176. The molecule has 0 bridgehead atoms. The van der Waals surface area contributed by atoms with E-state index in [9.17, 15) is 14.4 Å². The molecular weight excluding hydrogens is 418 g/mol. The molecule has 2 N–H and O–H groups in total. The number of aromatic nitrogens is 2. The molecule has 5 rings (SSSR count). The van der Waals surface area contributed by atoms with Crippen molar-refractivity contribution in [1.82, 2.24) is 19.6 Å². The maximum absolute atomic E-state index is 13.0. The lowest BCUT2D eigenvalue weighted by Crippen LogP contribution is -2.52. The Kier molecular flexibility index (Phi) is 4.77. The second-order valence-corrected chi connectivity index (χ2v) is 9.89. The van der Waals surface area contributed by atoms with E-state index < -0.39 is 11.9 Å². The zero-order valence-corrected chi connectivity index (χ0v) is 19.2. The number of benzene rings is 1. The first-order valence-electron chi connectivity index (χ1n) is 11.2. The molecule has 0 radical (unpaired) electrons. The Morgan fingerprint density at radius 1 is 1.12 bits per heavy atom. The quantitative estimate of drug-likeness (QED) is 0.603. The second kappa shape index (κ2) is 7.43. The molecule has 1 unspecified atom stereocenters. The van der Waals surface area contributed by atoms with E-state index in [2.05, 4.69) is 31.4 Å². The molecule has 3 amide bonds. The van der Waals surface area contributed by atoms with Crippen molar-refractivity contribution in [3.05, 3.63) is 53.2 Å². The van der Waals surface area contributed by atoms with Gasteiger partial charge in [-0.15, -0.1) is 0 Å². The molecule has 8 heteroatoms. The van der Waals surface area contributed by atoms with E-state index in [0.29, 0.717) is 18.5 Å². The fraction of sp³-hybridized carbons (Fsp3) is 0.360. The van der Waals surface area contributed by atoms with E-state index >= 15 is 0 Å². The first-order valence-corrected chi connectivity index (χ1v) is 11.2. The Labute approximate surface area is 192 Å². The average Bonchev–Trinajstić information content (AvgIpc) is 3.24. The molecule has 1 atom stereocenters. The van der Waals surface area contributed by atoms with Crippen molar-refractivity contribution in [2.75, 3.05) is 5.32 Å². The number of imide groups is 1. The van der Waals surface area contributed by atoms with E-state index in [-0.39, 0.29) is 23.8 Å². The maximum atomic E-state index is 13.0. The topological polar surface area (TPSA) is 95.8 Å². The predicted octanol–water partition coefficient (Wildman–Crippen LogP) is 3.28. The minimum atomic E-state index is -0.623. The van der Waals surface area contributed by atoms with Crippen molar-refractivity contribution in [2.24, 2.45) is 0 Å². The van der Waals surface area contributed by atoms with Gasteiger partial charge in [0.05, 0.1) is 0 Å². The molecule has 0 spiro atoms. The SMILES string of the molecule is Cc1ccn2c(NC(C)(C)C)c(-c3ccc4c(c3)CN(C3CCC(=O)NC3=O)C4=O)nc2c1. The van der Waals surface area contributed by atoms with Gasteiger partial charge in [-0.1, -0.05) is 6.07 Å². The van der Waals surface area contributed by atoms with Gasteiger partial charge in [0.2, 0.25) is 11.8 Å². The number of aryl methyl sites for hydroxylation is 1. The Hall–Kier alpha value is -3.68. The average molecular weight is 446 g/mol. The Morgan fingerprint density at radius 3 is 2.64 bits per heavy atom. The van der Waals surface area contributed by atoms with Gasteiger partial charge in [0.15, 0.2) is 0 Å². The highest BCUT2D eigenvalue weighted by atomic mass is 16.2. The first kappa shape index (κ1) is 21.2. The lowest BCUT2D eigenvalue weighted by Gasteiger charge is -2.29. The highest BCUT2D eigenvalue weighted by Crippen LogP contribution is 2.35. The smallest absolute Gasteiger partial charge is 0.255 e. The van der Waals surface area contributed by atoms with Crippen LogP contribution in [0.15, 0.2) is 36.5 Å². The summed E-state index contributed by atoms with van der Waals surface area (Å²) in [5.41, 5.74) is 4.96. The summed E-state index contributed by atoms with van der Waals surface area (Å²) >= 11 is 0. The monoisotopic (exact) mass is 445 g/mol. The van der Waals surface area contributed by atoms with Crippen LogP contribution in [0.1, 0.15) is 55.1 Å². The number of amides is 3. The number of hydrogen-bond donors (Lipinski definition) is 2. The first-order chi connectivity index (χ1) is 15.6. The van der Waals surface area contributed by atoms with Crippen LogP contribution in [-0.2, 0) is 16.1 Å². The number of nitrogens with one attached hydrogen (secondary N) is 2. The number of anilines is 1. The number of pyridine rings is 1. The van der Waals surface area contributed by atoms with Crippen LogP contribution in [0.3, 0.4) is 0 Å². The summed E-state index contributed by atoms with van der Waals surface area (Å²) in [6.07, 6.45) is 2.60. The lowest BCUT2D eigenvalue weighted by molar-refractivity contribution is -0.136. The molecule has 2 aliphatic rings. The number of carbonyl (C=O) groups excluding carboxylic acids is 3. The van der Waals surface area contributed by atoms with Crippen molar-refractivity contribution >= 4 is 29.2 Å². The van der Waals surface area contributed by atoms with Crippen LogP contribution in [0.5, 0.6) is 0 Å². The van der Waals surface area contributed by atoms with Crippen molar-refractivity contribution in [2.45, 2.75) is 58.7 Å². The van der Waals surface area contributed by atoms with E-state index in [4.69, 9.17) is 4.98 Å². The lowest BCUT2D eigenvalue weighted by atomic mass is 10.0. The standard InChI is InChI=1S/C25H27N5O3/c1-14-9-10-29-19(11-14)26-21(22(29)28-25(2,3)4)15-5-6-17-16(12-15)13-30(24(17)33)18-7-8-20(31)27-23(18)32/h5-6,9-12,18,28H,7-8,13H2,1-4H3,(H,27,31,32). The van der Waals surface area contributed by atoms with Crippen LogP contribution in [0.4, 0.5) is 5.82 Å². The van der Waals surface area contributed by atoms with Crippen LogP contribution >= 0.6 is 0 Å². The molecule has 2 aromatic heterocycles. The van der Waals surface area contributed by atoms with E-state index in [1.54, 1.807) is 4.90 Å². The molecule has 0 saturated carbocycles. The van der Waals surface area contributed by atoms with Gasteiger partial charge >= 0.3 is 0 Å². The Morgan fingerprint density at radius 2 is 1.91 bits per heavy atom. The van der Waals surface area contributed by atoms with E-state index in [1.165, 1.54) is 0 Å². The highest BCUT2D eigenvalue weighted by Gasteiger charge is 2.39. The highest BCUT2D eigenvalue weighted by molar-refractivity contribution is 6.05. The largest absolute Gasteiger partial charge is 0.365 e. The molecule has 0 aliphatic carbocycles. The summed E-state index contributed by atoms with van der Waals surface area (Å²) in [6, 6.07) is 9.18. The predicted molar refractivity (Wildman–Crippen MR) is 125 cm³/mol. The molecule has 8 nitrogen and oxygen atoms in total. The summed E-state index contributed by atoms with van der Waals surface area (Å²) in [6.45, 7) is 8.68. The number of piperidine rings is 1. The summed E-state index contributed by atoms with van der Waals surface area (Å²) in [7, 11) is 0. The molecular formula is C25H27N5O3. The Bertz CT molecular complexity index is 1320. The van der Waals surface area contributed by atoms with Crippen molar-refractivity contribution in [3.8, 4) is 11.3 Å². The minimum Gasteiger partial charge on any atom is -0.365 e. The summed E-state index contributed by atoms with van der Waals surface area (Å²) in [5, 5.41) is 5.92. The summed E-state index contributed by atoms with van der Waals surface area (Å²) in [5.74, 6) is 0.0252. The van der Waals surface area contributed by atoms with E-state index in [1.807, 2.05) is 47.9 Å². The van der Waals surface area contributed by atoms with Crippen LogP contribution < -0.4 is 10.6 Å².